The predicted molar refractivity (Wildman–Crippen MR) is 72.2 cm³/mol. The first-order chi connectivity index (χ1) is 8.08. The Kier molecular flexibility index (Phi) is 3.54. The molecule has 0 radical (unpaired) electrons. The molecule has 0 amide bonds. The van der Waals surface area contributed by atoms with E-state index in [1.54, 1.807) is 12.4 Å². The molecule has 0 aromatic carbocycles. The Hall–Kier alpha value is -1.27. The normalized spacial score (nSPS) is 21.5. The second-order valence-electron chi connectivity index (χ2n) is 4.40. The van der Waals surface area contributed by atoms with E-state index in [1.165, 1.54) is 0 Å². The van der Waals surface area contributed by atoms with Crippen molar-refractivity contribution in [2.24, 2.45) is 5.73 Å². The highest BCUT2D eigenvalue weighted by Gasteiger charge is 2.21. The smallest absolute Gasteiger partial charge is 0.147 e. The van der Waals surface area contributed by atoms with Crippen LogP contribution in [-0.4, -0.2) is 52.6 Å². The first-order valence-corrected chi connectivity index (χ1v) is 6.06. The molecule has 2 heterocycles. The summed E-state index contributed by atoms with van der Waals surface area (Å²) in [5.41, 5.74) is 6.07. The fraction of sp³-hybridized carbons (Fsp3) is 0.545. The third kappa shape index (κ3) is 2.70. The Bertz CT molecular complexity index is 405. The maximum absolute atomic E-state index is 5.49. The number of nitrogens with zero attached hydrogens (tertiary/aromatic N) is 4. The molecule has 2 N–H and O–H groups in total. The van der Waals surface area contributed by atoms with Gasteiger partial charge < -0.3 is 15.5 Å². The molecule has 1 aromatic heterocycles. The summed E-state index contributed by atoms with van der Waals surface area (Å²) >= 11 is 4.85. The number of rotatable bonds is 2. The van der Waals surface area contributed by atoms with Crippen molar-refractivity contribution in [1.29, 1.82) is 0 Å². The molecule has 0 saturated carbocycles. The van der Waals surface area contributed by atoms with Gasteiger partial charge in [0.15, 0.2) is 0 Å². The van der Waals surface area contributed by atoms with Crippen LogP contribution in [0, 0.1) is 0 Å². The van der Waals surface area contributed by atoms with Crippen LogP contribution in [0.2, 0.25) is 0 Å². The minimum atomic E-state index is 0.288. The minimum Gasteiger partial charge on any atom is -0.388 e. The molecule has 1 fully saturated rings. The van der Waals surface area contributed by atoms with Crippen molar-refractivity contribution in [3.05, 3.63) is 18.1 Å². The van der Waals surface area contributed by atoms with E-state index in [4.69, 9.17) is 18.0 Å². The molecule has 0 bridgehead atoms. The topological polar surface area (TPSA) is 58.3 Å². The molecule has 1 aromatic rings. The second kappa shape index (κ2) is 4.93. The van der Waals surface area contributed by atoms with Gasteiger partial charge in [0.05, 0.1) is 12.4 Å². The molecule has 1 aliphatic rings. The fourth-order valence-corrected chi connectivity index (χ4v) is 1.97. The molecule has 17 heavy (non-hydrogen) atoms. The number of nitrogens with two attached hydrogens (primary N) is 1. The van der Waals surface area contributed by atoms with Gasteiger partial charge in [0, 0.05) is 25.7 Å². The quantitative estimate of drug-likeness (QED) is 0.761. The summed E-state index contributed by atoms with van der Waals surface area (Å²) < 4.78 is 0. The number of anilines is 1. The largest absolute Gasteiger partial charge is 0.388 e. The summed E-state index contributed by atoms with van der Waals surface area (Å²) in [5, 5.41) is 0. The van der Waals surface area contributed by atoms with Crippen LogP contribution in [0.3, 0.4) is 0 Å². The van der Waals surface area contributed by atoms with Crippen LogP contribution in [0.15, 0.2) is 12.4 Å². The highest BCUT2D eigenvalue weighted by atomic mass is 32.1. The summed E-state index contributed by atoms with van der Waals surface area (Å²) in [6, 6.07) is 0.529. The van der Waals surface area contributed by atoms with Gasteiger partial charge >= 0.3 is 0 Å². The van der Waals surface area contributed by atoms with Crippen LogP contribution in [-0.2, 0) is 0 Å². The first-order valence-electron chi connectivity index (χ1n) is 5.65. The molecule has 1 atom stereocenters. The molecular formula is C11H17N5S. The van der Waals surface area contributed by atoms with Gasteiger partial charge in [0.2, 0.25) is 0 Å². The summed E-state index contributed by atoms with van der Waals surface area (Å²) in [6.45, 7) is 5.20. The van der Waals surface area contributed by atoms with E-state index in [1.807, 2.05) is 0 Å². The molecule has 6 heteroatoms. The average molecular weight is 251 g/mol. The predicted octanol–water partition coefficient (Wildman–Crippen LogP) is 0.251. The number of hydrogen-bond acceptors (Lipinski definition) is 5. The molecule has 1 saturated heterocycles. The van der Waals surface area contributed by atoms with Crippen molar-refractivity contribution in [1.82, 2.24) is 14.9 Å². The maximum Gasteiger partial charge on any atom is 0.147 e. The number of thiocarbonyl (C=S) groups is 1. The summed E-state index contributed by atoms with van der Waals surface area (Å²) in [6.07, 6.45) is 3.38. The SMILES string of the molecule is CC1CN(c2cnc(C(N)=S)cn2)CCN1C. The van der Waals surface area contributed by atoms with Gasteiger partial charge in [-0.2, -0.15) is 0 Å². The van der Waals surface area contributed by atoms with E-state index < -0.39 is 0 Å². The van der Waals surface area contributed by atoms with Crippen molar-refractivity contribution in [2.45, 2.75) is 13.0 Å². The number of aromatic nitrogens is 2. The lowest BCUT2D eigenvalue weighted by Gasteiger charge is -2.38. The van der Waals surface area contributed by atoms with Crippen LogP contribution in [0.5, 0.6) is 0 Å². The van der Waals surface area contributed by atoms with E-state index in [9.17, 15) is 0 Å². The number of piperazine rings is 1. The molecule has 5 nitrogen and oxygen atoms in total. The zero-order valence-corrected chi connectivity index (χ0v) is 10.9. The third-order valence-corrected chi connectivity index (χ3v) is 3.38. The molecule has 1 unspecified atom stereocenters. The van der Waals surface area contributed by atoms with Gasteiger partial charge in [0.1, 0.15) is 16.5 Å². The summed E-state index contributed by atoms with van der Waals surface area (Å²) in [7, 11) is 2.14. The van der Waals surface area contributed by atoms with Gasteiger partial charge in [-0.25, -0.2) is 9.97 Å². The van der Waals surface area contributed by atoms with E-state index in [0.717, 1.165) is 25.5 Å². The molecule has 2 rings (SSSR count). The van der Waals surface area contributed by atoms with Crippen molar-refractivity contribution < 1.29 is 0 Å². The summed E-state index contributed by atoms with van der Waals surface area (Å²) in [4.78, 5) is 13.4. The Morgan fingerprint density at radius 2 is 2.18 bits per heavy atom. The minimum absolute atomic E-state index is 0.288. The van der Waals surface area contributed by atoms with Crippen molar-refractivity contribution in [2.75, 3.05) is 31.6 Å². The van der Waals surface area contributed by atoms with Crippen molar-refractivity contribution >= 4 is 23.0 Å². The van der Waals surface area contributed by atoms with Crippen LogP contribution >= 0.6 is 12.2 Å². The molecule has 0 aliphatic carbocycles. The van der Waals surface area contributed by atoms with Gasteiger partial charge in [0.25, 0.3) is 0 Å². The average Bonchev–Trinajstić information content (AvgIpc) is 2.33. The molecule has 0 spiro atoms. The lowest BCUT2D eigenvalue weighted by molar-refractivity contribution is 0.233. The molecular weight excluding hydrogens is 234 g/mol. The van der Waals surface area contributed by atoms with Crippen LogP contribution < -0.4 is 10.6 Å². The highest BCUT2D eigenvalue weighted by molar-refractivity contribution is 7.80. The third-order valence-electron chi connectivity index (χ3n) is 3.17. The van der Waals surface area contributed by atoms with Crippen molar-refractivity contribution in [3.8, 4) is 0 Å². The van der Waals surface area contributed by atoms with E-state index >= 15 is 0 Å². The van der Waals surface area contributed by atoms with E-state index in [0.29, 0.717) is 11.7 Å². The Morgan fingerprint density at radius 3 is 2.71 bits per heavy atom. The molecule has 92 valence electrons. The van der Waals surface area contributed by atoms with E-state index in [2.05, 4.69) is 33.7 Å². The van der Waals surface area contributed by atoms with Gasteiger partial charge in [-0.1, -0.05) is 12.2 Å². The van der Waals surface area contributed by atoms with Crippen LogP contribution in [0.25, 0.3) is 0 Å². The number of likely N-dealkylation sites (N-methyl/N-ethyl adjacent to an activating group) is 1. The number of hydrogen-bond donors (Lipinski definition) is 1. The fourth-order valence-electron chi connectivity index (χ4n) is 1.87. The zero-order chi connectivity index (χ0) is 12.4. The van der Waals surface area contributed by atoms with Crippen LogP contribution in [0.1, 0.15) is 12.6 Å². The Morgan fingerprint density at radius 1 is 1.41 bits per heavy atom. The van der Waals surface area contributed by atoms with Gasteiger partial charge in [-0.15, -0.1) is 0 Å². The second-order valence-corrected chi connectivity index (χ2v) is 4.84. The first kappa shape index (κ1) is 12.2. The highest BCUT2D eigenvalue weighted by Crippen LogP contribution is 2.14. The summed E-state index contributed by atoms with van der Waals surface area (Å²) in [5.74, 6) is 0.893. The lowest BCUT2D eigenvalue weighted by Crippen LogP contribution is -2.50. The van der Waals surface area contributed by atoms with Gasteiger partial charge in [-0.3, -0.25) is 0 Å². The zero-order valence-electron chi connectivity index (χ0n) is 10.1. The lowest BCUT2D eigenvalue weighted by atomic mass is 10.2. The van der Waals surface area contributed by atoms with E-state index in [-0.39, 0.29) is 4.99 Å². The Balaban J connectivity index is 2.10. The molecule has 1 aliphatic heterocycles. The Labute approximate surface area is 107 Å². The standard InChI is InChI=1S/C11H17N5S/c1-8-7-16(4-3-15(8)2)10-6-13-9(5-14-10)11(12)17/h5-6,8H,3-4,7H2,1-2H3,(H2,12,17). The van der Waals surface area contributed by atoms with Gasteiger partial charge in [-0.05, 0) is 14.0 Å². The monoisotopic (exact) mass is 251 g/mol. The van der Waals surface area contributed by atoms with Crippen LogP contribution in [0.4, 0.5) is 5.82 Å². The van der Waals surface area contributed by atoms with Crippen molar-refractivity contribution in [3.63, 3.8) is 0 Å². The maximum atomic E-state index is 5.49.